The molecule has 4 heteroatoms. The lowest BCUT2D eigenvalue weighted by Gasteiger charge is -2.22. The molecule has 4 nitrogen and oxygen atoms in total. The Balaban J connectivity index is 1.57. The number of amides is 2. The van der Waals surface area contributed by atoms with E-state index in [4.69, 9.17) is 0 Å². The summed E-state index contributed by atoms with van der Waals surface area (Å²) in [5.74, 6) is -0.281. The Hall–Kier alpha value is -1.32. The second-order valence-corrected chi connectivity index (χ2v) is 6.29. The third-order valence-corrected chi connectivity index (χ3v) is 4.44. The molecule has 2 N–H and O–H groups in total. The van der Waals surface area contributed by atoms with Gasteiger partial charge in [-0.1, -0.05) is 30.9 Å². The first-order valence-electron chi connectivity index (χ1n) is 8.48. The van der Waals surface area contributed by atoms with Crippen LogP contribution in [-0.4, -0.2) is 24.4 Å². The SMILES string of the molecule is O=C(CC(=O)NC1CCCCC1)NCCC1=CCCCC1. The van der Waals surface area contributed by atoms with E-state index in [-0.39, 0.29) is 24.3 Å². The van der Waals surface area contributed by atoms with E-state index in [0.717, 1.165) is 25.7 Å². The van der Waals surface area contributed by atoms with Crippen molar-refractivity contribution in [1.82, 2.24) is 10.6 Å². The first-order valence-corrected chi connectivity index (χ1v) is 8.48. The second kappa shape index (κ2) is 8.85. The van der Waals surface area contributed by atoms with E-state index in [1.807, 2.05) is 0 Å². The fraction of sp³-hybridized carbons (Fsp3) is 0.765. The number of hydrogen-bond donors (Lipinski definition) is 2. The van der Waals surface area contributed by atoms with Crippen LogP contribution in [0.3, 0.4) is 0 Å². The van der Waals surface area contributed by atoms with E-state index < -0.39 is 0 Å². The van der Waals surface area contributed by atoms with E-state index in [2.05, 4.69) is 16.7 Å². The van der Waals surface area contributed by atoms with Crippen molar-refractivity contribution in [3.8, 4) is 0 Å². The van der Waals surface area contributed by atoms with Gasteiger partial charge in [-0.15, -0.1) is 0 Å². The lowest BCUT2D eigenvalue weighted by atomic mass is 9.95. The standard InChI is InChI=1S/C17H28N2O2/c20-16(18-12-11-14-7-3-1-4-8-14)13-17(21)19-15-9-5-2-6-10-15/h7,15H,1-6,8-13H2,(H,18,20)(H,19,21). The average molecular weight is 292 g/mol. The number of hydrogen-bond acceptors (Lipinski definition) is 2. The number of nitrogens with one attached hydrogen (secondary N) is 2. The number of rotatable bonds is 6. The lowest BCUT2D eigenvalue weighted by molar-refractivity contribution is -0.129. The molecule has 0 saturated heterocycles. The number of carbonyl (C=O) groups is 2. The monoisotopic (exact) mass is 292 g/mol. The smallest absolute Gasteiger partial charge is 0.229 e. The van der Waals surface area contributed by atoms with E-state index in [1.54, 1.807) is 0 Å². The van der Waals surface area contributed by atoms with Gasteiger partial charge in [-0.3, -0.25) is 9.59 Å². The normalized spacial score (nSPS) is 19.7. The minimum atomic E-state index is -0.153. The van der Waals surface area contributed by atoms with Crippen LogP contribution in [0, 0.1) is 0 Å². The lowest BCUT2D eigenvalue weighted by Crippen LogP contribution is -2.39. The van der Waals surface area contributed by atoms with Crippen LogP contribution in [0.15, 0.2) is 11.6 Å². The molecule has 2 rings (SSSR count). The molecule has 21 heavy (non-hydrogen) atoms. The van der Waals surface area contributed by atoms with Crippen LogP contribution in [0.5, 0.6) is 0 Å². The van der Waals surface area contributed by atoms with E-state index in [1.165, 1.54) is 44.1 Å². The fourth-order valence-corrected chi connectivity index (χ4v) is 3.23. The predicted molar refractivity (Wildman–Crippen MR) is 83.8 cm³/mol. The molecular formula is C17H28N2O2. The summed E-state index contributed by atoms with van der Waals surface area (Å²) in [4.78, 5) is 23.5. The average Bonchev–Trinajstić information content (AvgIpc) is 2.49. The first-order chi connectivity index (χ1) is 10.2. The van der Waals surface area contributed by atoms with Gasteiger partial charge < -0.3 is 10.6 Å². The summed E-state index contributed by atoms with van der Waals surface area (Å²) in [6, 6.07) is 0.284. The van der Waals surface area contributed by atoms with Crippen LogP contribution in [0.2, 0.25) is 0 Å². The third kappa shape index (κ3) is 6.32. The summed E-state index contributed by atoms with van der Waals surface area (Å²) >= 11 is 0. The summed E-state index contributed by atoms with van der Waals surface area (Å²) in [7, 11) is 0. The summed E-state index contributed by atoms with van der Waals surface area (Å²) in [5, 5.41) is 5.84. The molecular weight excluding hydrogens is 264 g/mol. The highest BCUT2D eigenvalue weighted by Gasteiger charge is 2.17. The van der Waals surface area contributed by atoms with Crippen LogP contribution in [0.25, 0.3) is 0 Å². The number of allylic oxidation sites excluding steroid dienone is 1. The number of carbonyl (C=O) groups excluding carboxylic acids is 2. The van der Waals surface area contributed by atoms with Gasteiger partial charge in [0.05, 0.1) is 0 Å². The molecule has 2 aliphatic rings. The highest BCUT2D eigenvalue weighted by molar-refractivity contribution is 5.96. The predicted octanol–water partition coefficient (Wildman–Crippen LogP) is 2.83. The van der Waals surface area contributed by atoms with Gasteiger partial charge in [0.2, 0.25) is 11.8 Å². The Morgan fingerprint density at radius 1 is 1.05 bits per heavy atom. The van der Waals surface area contributed by atoms with Crippen molar-refractivity contribution >= 4 is 11.8 Å². The molecule has 0 aromatic carbocycles. The van der Waals surface area contributed by atoms with E-state index in [0.29, 0.717) is 6.54 Å². The summed E-state index contributed by atoms with van der Waals surface area (Å²) < 4.78 is 0. The molecule has 0 bridgehead atoms. The Morgan fingerprint density at radius 3 is 2.57 bits per heavy atom. The minimum Gasteiger partial charge on any atom is -0.355 e. The Morgan fingerprint density at radius 2 is 1.86 bits per heavy atom. The van der Waals surface area contributed by atoms with Gasteiger partial charge in [-0.25, -0.2) is 0 Å². The maximum atomic E-state index is 11.8. The summed E-state index contributed by atoms with van der Waals surface area (Å²) in [5.41, 5.74) is 1.45. The zero-order chi connectivity index (χ0) is 14.9. The highest BCUT2D eigenvalue weighted by atomic mass is 16.2. The van der Waals surface area contributed by atoms with Crippen molar-refractivity contribution in [3.05, 3.63) is 11.6 Å². The van der Waals surface area contributed by atoms with Crippen molar-refractivity contribution in [3.63, 3.8) is 0 Å². The fourth-order valence-electron chi connectivity index (χ4n) is 3.23. The molecule has 0 aromatic heterocycles. The summed E-state index contributed by atoms with van der Waals surface area (Å²) in [6.07, 6.45) is 13.8. The van der Waals surface area contributed by atoms with Gasteiger partial charge in [-0.05, 0) is 44.9 Å². The van der Waals surface area contributed by atoms with Gasteiger partial charge in [-0.2, -0.15) is 0 Å². The third-order valence-electron chi connectivity index (χ3n) is 4.44. The zero-order valence-electron chi connectivity index (χ0n) is 13.0. The maximum absolute atomic E-state index is 11.8. The largest absolute Gasteiger partial charge is 0.355 e. The molecule has 0 aliphatic heterocycles. The Kier molecular flexibility index (Phi) is 6.77. The van der Waals surface area contributed by atoms with Crippen molar-refractivity contribution in [1.29, 1.82) is 0 Å². The molecule has 0 atom stereocenters. The molecule has 118 valence electrons. The van der Waals surface area contributed by atoms with Crippen molar-refractivity contribution in [2.75, 3.05) is 6.54 Å². The maximum Gasteiger partial charge on any atom is 0.229 e. The minimum absolute atomic E-state index is 0.0322. The summed E-state index contributed by atoms with van der Waals surface area (Å²) in [6.45, 7) is 0.654. The Labute approximate surface area is 127 Å². The molecule has 0 radical (unpaired) electrons. The van der Waals surface area contributed by atoms with Gasteiger partial charge in [0.1, 0.15) is 6.42 Å². The van der Waals surface area contributed by atoms with Crippen molar-refractivity contribution in [2.24, 2.45) is 0 Å². The highest BCUT2D eigenvalue weighted by Crippen LogP contribution is 2.19. The van der Waals surface area contributed by atoms with Gasteiger partial charge in [0.25, 0.3) is 0 Å². The van der Waals surface area contributed by atoms with Crippen molar-refractivity contribution < 1.29 is 9.59 Å². The molecule has 1 saturated carbocycles. The van der Waals surface area contributed by atoms with Crippen LogP contribution in [0.4, 0.5) is 0 Å². The molecule has 2 aliphatic carbocycles. The van der Waals surface area contributed by atoms with Crippen LogP contribution >= 0.6 is 0 Å². The zero-order valence-corrected chi connectivity index (χ0v) is 13.0. The van der Waals surface area contributed by atoms with Crippen LogP contribution in [-0.2, 0) is 9.59 Å². The topological polar surface area (TPSA) is 58.2 Å². The molecule has 0 unspecified atom stereocenters. The molecule has 0 spiro atoms. The first kappa shape index (κ1) is 16.1. The van der Waals surface area contributed by atoms with Gasteiger partial charge in [0, 0.05) is 12.6 Å². The van der Waals surface area contributed by atoms with Crippen LogP contribution < -0.4 is 10.6 Å². The molecule has 0 heterocycles. The molecule has 1 fully saturated rings. The second-order valence-electron chi connectivity index (χ2n) is 6.29. The van der Waals surface area contributed by atoms with E-state index in [9.17, 15) is 9.59 Å². The van der Waals surface area contributed by atoms with Crippen molar-refractivity contribution in [2.45, 2.75) is 76.7 Å². The van der Waals surface area contributed by atoms with Gasteiger partial charge >= 0.3 is 0 Å². The Bertz CT molecular complexity index is 384. The van der Waals surface area contributed by atoms with E-state index >= 15 is 0 Å². The quantitative estimate of drug-likeness (QED) is 0.584. The molecule has 2 amide bonds. The molecule has 0 aromatic rings. The van der Waals surface area contributed by atoms with Crippen LogP contribution in [0.1, 0.15) is 70.6 Å². The van der Waals surface area contributed by atoms with Gasteiger partial charge in [0.15, 0.2) is 0 Å².